The maximum atomic E-state index is 14.6. The number of carbonyl (C=O) groups excluding carboxylic acids is 2. The molecule has 0 aliphatic heterocycles. The molecular weight excluding hydrogens is 702 g/mol. The molecule has 0 radical (unpaired) electrons. The van der Waals surface area contributed by atoms with E-state index in [1.54, 1.807) is 31.2 Å². The monoisotopic (exact) mass is 739 g/mol. The van der Waals surface area contributed by atoms with E-state index < -0.39 is 28.5 Å². The molecule has 0 heterocycles. The molecule has 11 heteroatoms. The van der Waals surface area contributed by atoms with Gasteiger partial charge in [0.1, 0.15) is 18.3 Å². The van der Waals surface area contributed by atoms with Crippen LogP contribution in [0.2, 0.25) is 5.02 Å². The van der Waals surface area contributed by atoms with Crippen molar-refractivity contribution < 1.29 is 22.7 Å². The lowest BCUT2D eigenvalue weighted by molar-refractivity contribution is -0.140. The molecule has 0 bridgehead atoms. The third-order valence-corrected chi connectivity index (χ3v) is 9.89. The van der Waals surface area contributed by atoms with Crippen molar-refractivity contribution in [3.05, 3.63) is 124 Å². The van der Waals surface area contributed by atoms with Crippen LogP contribution in [0.4, 0.5) is 5.69 Å². The van der Waals surface area contributed by atoms with Gasteiger partial charge in [0, 0.05) is 29.0 Å². The second kappa shape index (κ2) is 16.8. The van der Waals surface area contributed by atoms with Gasteiger partial charge in [-0.3, -0.25) is 13.9 Å². The van der Waals surface area contributed by atoms with Gasteiger partial charge < -0.3 is 15.0 Å². The average molecular weight is 741 g/mol. The fourth-order valence-electron chi connectivity index (χ4n) is 4.95. The van der Waals surface area contributed by atoms with Gasteiger partial charge >= 0.3 is 0 Å². The van der Waals surface area contributed by atoms with E-state index in [0.29, 0.717) is 17.3 Å². The van der Waals surface area contributed by atoms with Crippen molar-refractivity contribution in [1.82, 2.24) is 10.2 Å². The first-order chi connectivity index (χ1) is 22.5. The molecule has 0 fully saturated rings. The number of carbonyl (C=O) groups is 2. The Morgan fingerprint density at radius 1 is 0.872 bits per heavy atom. The maximum absolute atomic E-state index is 14.6. The molecule has 4 rings (SSSR count). The van der Waals surface area contributed by atoms with Gasteiger partial charge in [-0.15, -0.1) is 0 Å². The third-order valence-electron chi connectivity index (χ3n) is 7.34. The van der Waals surface area contributed by atoms with E-state index in [4.69, 9.17) is 16.3 Å². The van der Waals surface area contributed by atoms with Gasteiger partial charge in [-0.2, -0.15) is 0 Å². The Kier molecular flexibility index (Phi) is 12.9. The summed E-state index contributed by atoms with van der Waals surface area (Å²) in [5.74, 6) is -0.399. The molecule has 0 saturated heterocycles. The van der Waals surface area contributed by atoms with Gasteiger partial charge in [0.2, 0.25) is 11.8 Å². The summed E-state index contributed by atoms with van der Waals surface area (Å²) < 4.78 is 36.3. The van der Waals surface area contributed by atoms with Crippen LogP contribution in [0.25, 0.3) is 0 Å². The molecule has 0 aromatic heterocycles. The molecule has 0 aliphatic carbocycles. The Balaban J connectivity index is 1.83. The van der Waals surface area contributed by atoms with Crippen molar-refractivity contribution in [2.75, 3.05) is 24.0 Å². The second-order valence-corrected chi connectivity index (χ2v) is 14.6. The topological polar surface area (TPSA) is 96.0 Å². The molecule has 47 heavy (non-hydrogen) atoms. The first-order valence-electron chi connectivity index (χ1n) is 15.3. The quantitative estimate of drug-likeness (QED) is 0.140. The molecule has 1 atom stereocenters. The first kappa shape index (κ1) is 36.0. The van der Waals surface area contributed by atoms with E-state index in [9.17, 15) is 18.0 Å². The van der Waals surface area contributed by atoms with Gasteiger partial charge in [-0.1, -0.05) is 96.0 Å². The van der Waals surface area contributed by atoms with Crippen LogP contribution in [-0.4, -0.2) is 50.9 Å². The number of hydrogen-bond acceptors (Lipinski definition) is 5. The number of nitrogens with one attached hydrogen (secondary N) is 1. The van der Waals surface area contributed by atoms with Crippen LogP contribution in [-0.2, 0) is 32.6 Å². The standard InChI is InChI=1S/C36H39BrClN3O5S/c1-4-46-34-13-9-8-12-32(34)41(47(44,45)31-20-18-30(38)19-21-31)25-35(42)40(24-28-14-16-29(37)17-15-28)33(36(43)39-23-26(2)3)22-27-10-6-5-7-11-27/h5-21,26,33H,4,22-25H2,1-3H3,(H,39,43). The highest BCUT2D eigenvalue weighted by Crippen LogP contribution is 2.33. The van der Waals surface area contributed by atoms with Crippen molar-refractivity contribution >= 4 is 55.1 Å². The van der Waals surface area contributed by atoms with Crippen molar-refractivity contribution in [1.29, 1.82) is 0 Å². The van der Waals surface area contributed by atoms with Crippen LogP contribution in [0, 0.1) is 5.92 Å². The van der Waals surface area contributed by atoms with Gasteiger partial charge in [-0.25, -0.2) is 8.42 Å². The highest BCUT2D eigenvalue weighted by Gasteiger charge is 2.35. The third kappa shape index (κ3) is 9.82. The smallest absolute Gasteiger partial charge is 0.264 e. The molecule has 0 aliphatic rings. The van der Waals surface area contributed by atoms with E-state index in [2.05, 4.69) is 21.2 Å². The SMILES string of the molecule is CCOc1ccccc1N(CC(=O)N(Cc1ccc(Br)cc1)C(Cc1ccccc1)C(=O)NCC(C)C)S(=O)(=O)c1ccc(Cl)cc1. The summed E-state index contributed by atoms with van der Waals surface area (Å²) in [4.78, 5) is 30.0. The molecule has 0 saturated carbocycles. The Morgan fingerprint density at radius 2 is 1.51 bits per heavy atom. The molecule has 4 aromatic carbocycles. The predicted molar refractivity (Wildman–Crippen MR) is 190 cm³/mol. The molecule has 0 spiro atoms. The highest BCUT2D eigenvalue weighted by molar-refractivity contribution is 9.10. The molecule has 1 N–H and O–H groups in total. The van der Waals surface area contributed by atoms with E-state index in [1.165, 1.54) is 29.2 Å². The van der Waals surface area contributed by atoms with Crippen LogP contribution < -0.4 is 14.4 Å². The zero-order valence-electron chi connectivity index (χ0n) is 26.6. The summed E-state index contributed by atoms with van der Waals surface area (Å²) >= 11 is 9.54. The zero-order chi connectivity index (χ0) is 34.0. The molecule has 248 valence electrons. The Hall–Kier alpha value is -3.86. The summed E-state index contributed by atoms with van der Waals surface area (Å²) in [6.07, 6.45) is 0.229. The number of ether oxygens (including phenoxy) is 1. The lowest BCUT2D eigenvalue weighted by atomic mass is 10.0. The first-order valence-corrected chi connectivity index (χ1v) is 18.0. The van der Waals surface area contributed by atoms with Crippen molar-refractivity contribution in [3.63, 3.8) is 0 Å². The summed E-state index contributed by atoms with van der Waals surface area (Å²) in [5.41, 5.74) is 1.83. The minimum absolute atomic E-state index is 0.0454. The number of benzene rings is 4. The Labute approximate surface area is 290 Å². The largest absolute Gasteiger partial charge is 0.492 e. The van der Waals surface area contributed by atoms with Crippen molar-refractivity contribution in [3.8, 4) is 5.75 Å². The number of amides is 2. The van der Waals surface area contributed by atoms with Crippen LogP contribution in [0.3, 0.4) is 0 Å². The number of para-hydroxylation sites is 2. The van der Waals surface area contributed by atoms with E-state index in [-0.39, 0.29) is 42.0 Å². The van der Waals surface area contributed by atoms with Gasteiger partial charge in [0.15, 0.2) is 0 Å². The summed E-state index contributed by atoms with van der Waals surface area (Å²) in [5, 5.41) is 3.37. The minimum Gasteiger partial charge on any atom is -0.492 e. The fraction of sp³-hybridized carbons (Fsp3) is 0.278. The predicted octanol–water partition coefficient (Wildman–Crippen LogP) is 7.11. The number of rotatable bonds is 15. The number of nitrogens with zero attached hydrogens (tertiary/aromatic N) is 2. The number of anilines is 1. The summed E-state index contributed by atoms with van der Waals surface area (Å²) in [6.45, 7) is 5.96. The fourth-order valence-corrected chi connectivity index (χ4v) is 6.77. The van der Waals surface area contributed by atoms with E-state index in [0.717, 1.165) is 19.9 Å². The normalized spacial score (nSPS) is 12.0. The summed E-state index contributed by atoms with van der Waals surface area (Å²) in [6, 6.07) is 28.4. The van der Waals surface area contributed by atoms with Crippen LogP contribution in [0.5, 0.6) is 5.75 Å². The lowest BCUT2D eigenvalue weighted by Gasteiger charge is -2.34. The number of sulfonamides is 1. The minimum atomic E-state index is -4.30. The molecule has 4 aromatic rings. The van der Waals surface area contributed by atoms with E-state index >= 15 is 0 Å². The molecule has 8 nitrogen and oxygen atoms in total. The number of halogens is 2. The van der Waals surface area contributed by atoms with E-state index in [1.807, 2.05) is 68.4 Å². The second-order valence-electron chi connectivity index (χ2n) is 11.4. The molecule has 2 amide bonds. The van der Waals surface area contributed by atoms with Crippen LogP contribution >= 0.6 is 27.5 Å². The van der Waals surface area contributed by atoms with Crippen LogP contribution in [0.1, 0.15) is 31.9 Å². The van der Waals surface area contributed by atoms with Gasteiger partial charge in [-0.05, 0) is 72.5 Å². The highest BCUT2D eigenvalue weighted by atomic mass is 79.9. The molecular formula is C36H39BrClN3O5S. The van der Waals surface area contributed by atoms with Gasteiger partial charge in [0.25, 0.3) is 10.0 Å². The maximum Gasteiger partial charge on any atom is 0.264 e. The zero-order valence-corrected chi connectivity index (χ0v) is 29.8. The van der Waals surface area contributed by atoms with Crippen molar-refractivity contribution in [2.45, 2.75) is 44.7 Å². The van der Waals surface area contributed by atoms with Gasteiger partial charge in [0.05, 0.1) is 17.2 Å². The number of hydrogen-bond donors (Lipinski definition) is 1. The van der Waals surface area contributed by atoms with Crippen molar-refractivity contribution in [2.24, 2.45) is 5.92 Å². The van der Waals surface area contributed by atoms with Crippen LogP contribution in [0.15, 0.2) is 112 Å². The lowest BCUT2D eigenvalue weighted by Crippen LogP contribution is -2.53. The Morgan fingerprint density at radius 3 is 2.15 bits per heavy atom. The molecule has 1 unspecified atom stereocenters. The Bertz CT molecular complexity index is 1740. The summed E-state index contributed by atoms with van der Waals surface area (Å²) in [7, 11) is -4.30. The average Bonchev–Trinajstić information content (AvgIpc) is 3.06.